The first-order valence-electron chi connectivity index (χ1n) is 7.91. The third kappa shape index (κ3) is 3.24. The zero-order chi connectivity index (χ0) is 19.2. The number of hydrogen-bond donors (Lipinski definition) is 3. The molecule has 0 bridgehead atoms. The van der Waals surface area contributed by atoms with Crippen molar-refractivity contribution in [1.29, 1.82) is 0 Å². The molecule has 0 atom stereocenters. The van der Waals surface area contributed by atoms with E-state index in [4.69, 9.17) is 0 Å². The van der Waals surface area contributed by atoms with E-state index in [2.05, 4.69) is 9.97 Å². The first-order valence-corrected chi connectivity index (χ1v) is 7.91. The van der Waals surface area contributed by atoms with Crippen LogP contribution in [0.25, 0.3) is 0 Å². The van der Waals surface area contributed by atoms with Gasteiger partial charge >= 0.3 is 12.1 Å². The smallest absolute Gasteiger partial charge is 0.449 e. The Morgan fingerprint density at radius 2 is 2.00 bits per heavy atom. The second kappa shape index (κ2) is 6.27. The molecule has 1 aliphatic rings. The first-order chi connectivity index (χ1) is 12.1. The van der Waals surface area contributed by atoms with Crippen LogP contribution in [0.15, 0.2) is 4.79 Å². The molecule has 0 unspecified atom stereocenters. The molecule has 7 nitrogen and oxygen atoms in total. The lowest BCUT2D eigenvalue weighted by molar-refractivity contribution is -0.145. The van der Waals surface area contributed by atoms with E-state index >= 15 is 0 Å². The molecular formula is C16H17F3N4O3. The maximum absolute atomic E-state index is 12.8. The lowest BCUT2D eigenvalue weighted by Gasteiger charge is -2.27. The quantitative estimate of drug-likeness (QED) is 0.767. The van der Waals surface area contributed by atoms with Gasteiger partial charge in [0, 0.05) is 37.4 Å². The number of halogens is 3. The summed E-state index contributed by atoms with van der Waals surface area (Å²) in [6.07, 6.45) is -4.48. The molecule has 0 fully saturated rings. The number of alkyl halides is 3. The number of rotatable bonds is 3. The van der Waals surface area contributed by atoms with Crippen LogP contribution in [-0.4, -0.2) is 37.5 Å². The molecule has 0 amide bonds. The number of carboxylic acid groups (broad SMARTS) is 1. The number of aryl methyl sites for hydroxylation is 1. The van der Waals surface area contributed by atoms with Gasteiger partial charge in [-0.05, 0) is 19.4 Å². The number of aromatic nitrogens is 3. The van der Waals surface area contributed by atoms with Gasteiger partial charge in [-0.25, -0.2) is 9.78 Å². The third-order valence-corrected chi connectivity index (χ3v) is 4.55. The number of H-pyrrole nitrogens is 2. The van der Waals surface area contributed by atoms with Crippen LogP contribution < -0.4 is 5.56 Å². The van der Waals surface area contributed by atoms with Crippen molar-refractivity contribution in [1.82, 2.24) is 19.9 Å². The average Bonchev–Trinajstić information content (AvgIpc) is 2.80. The van der Waals surface area contributed by atoms with Crippen LogP contribution in [0.1, 0.15) is 44.4 Å². The van der Waals surface area contributed by atoms with E-state index in [9.17, 15) is 27.9 Å². The minimum Gasteiger partial charge on any atom is -0.478 e. The molecule has 10 heteroatoms. The fraction of sp³-hybridized carbons (Fsp3) is 0.438. The molecule has 1 aliphatic heterocycles. The molecule has 3 heterocycles. The van der Waals surface area contributed by atoms with E-state index in [1.807, 2.05) is 4.90 Å². The number of nitrogens with zero attached hydrogens (tertiary/aromatic N) is 2. The summed E-state index contributed by atoms with van der Waals surface area (Å²) in [6, 6.07) is 0. The van der Waals surface area contributed by atoms with Crippen molar-refractivity contribution in [2.75, 3.05) is 6.54 Å². The topological polar surface area (TPSA) is 102 Å². The number of fused-ring (bicyclic) bond motifs is 1. The van der Waals surface area contributed by atoms with Gasteiger partial charge < -0.3 is 15.1 Å². The van der Waals surface area contributed by atoms with Gasteiger partial charge in [-0.1, -0.05) is 0 Å². The summed E-state index contributed by atoms with van der Waals surface area (Å²) in [6.45, 7) is 4.29. The van der Waals surface area contributed by atoms with Crippen molar-refractivity contribution < 1.29 is 23.1 Å². The van der Waals surface area contributed by atoms with Crippen LogP contribution >= 0.6 is 0 Å². The van der Waals surface area contributed by atoms with E-state index < -0.39 is 23.5 Å². The molecule has 0 spiro atoms. The summed E-state index contributed by atoms with van der Waals surface area (Å²) < 4.78 is 38.3. The van der Waals surface area contributed by atoms with Crippen molar-refractivity contribution >= 4 is 5.97 Å². The van der Waals surface area contributed by atoms with E-state index in [-0.39, 0.29) is 29.8 Å². The van der Waals surface area contributed by atoms with Gasteiger partial charge in [0.1, 0.15) is 0 Å². The molecule has 0 saturated carbocycles. The molecule has 26 heavy (non-hydrogen) atoms. The van der Waals surface area contributed by atoms with Crippen LogP contribution in [0, 0.1) is 13.8 Å². The molecule has 0 saturated heterocycles. The van der Waals surface area contributed by atoms with Crippen LogP contribution in [0.3, 0.4) is 0 Å². The summed E-state index contributed by atoms with van der Waals surface area (Å²) in [7, 11) is 0. The summed E-state index contributed by atoms with van der Waals surface area (Å²) >= 11 is 0. The standard InChI is InChI=1S/C16H17F3N4O3/c1-7-11(20-8(2)12(7)14(25)26)6-23-4-3-10-9(5-23)13(24)22-15(21-10)16(17,18)19/h20H,3-6H2,1-2H3,(H,25,26)(H,21,22,24). The highest BCUT2D eigenvalue weighted by atomic mass is 19.4. The fourth-order valence-electron chi connectivity index (χ4n) is 3.27. The van der Waals surface area contributed by atoms with Gasteiger partial charge in [0.05, 0.1) is 16.8 Å². The molecule has 2 aromatic heterocycles. The van der Waals surface area contributed by atoms with Crippen molar-refractivity contribution in [3.63, 3.8) is 0 Å². The van der Waals surface area contributed by atoms with E-state index in [1.165, 1.54) is 0 Å². The maximum atomic E-state index is 12.8. The number of carboxylic acids is 1. The summed E-state index contributed by atoms with van der Waals surface area (Å²) in [5.41, 5.74) is 1.65. The van der Waals surface area contributed by atoms with Crippen LogP contribution in [-0.2, 0) is 25.7 Å². The van der Waals surface area contributed by atoms with Gasteiger partial charge in [0.2, 0.25) is 5.82 Å². The highest BCUT2D eigenvalue weighted by molar-refractivity contribution is 5.91. The maximum Gasteiger partial charge on any atom is 0.449 e. The number of aromatic carboxylic acids is 1. The summed E-state index contributed by atoms with van der Waals surface area (Å²) in [5.74, 6) is -2.30. The largest absolute Gasteiger partial charge is 0.478 e. The predicted octanol–water partition coefficient (Wildman–Crippen LogP) is 1.99. The van der Waals surface area contributed by atoms with Gasteiger partial charge in [-0.3, -0.25) is 9.69 Å². The Bertz CT molecular complexity index is 930. The zero-order valence-electron chi connectivity index (χ0n) is 14.1. The monoisotopic (exact) mass is 370 g/mol. The molecule has 3 N–H and O–H groups in total. The second-order valence-electron chi connectivity index (χ2n) is 6.33. The zero-order valence-corrected chi connectivity index (χ0v) is 14.1. The molecule has 140 valence electrons. The van der Waals surface area contributed by atoms with Crippen LogP contribution in [0.5, 0.6) is 0 Å². The SMILES string of the molecule is Cc1[nH]c(CN2CCc3nc(C(F)(F)F)[nH]c(=O)c3C2)c(C)c1C(=O)O. The molecule has 3 rings (SSSR count). The molecule has 0 aliphatic carbocycles. The van der Waals surface area contributed by atoms with E-state index in [1.54, 1.807) is 18.8 Å². The lowest BCUT2D eigenvalue weighted by Crippen LogP contribution is -2.36. The number of carbonyl (C=O) groups is 1. The van der Waals surface area contributed by atoms with Gasteiger partial charge in [-0.15, -0.1) is 0 Å². The van der Waals surface area contributed by atoms with Crippen molar-refractivity contribution in [3.05, 3.63) is 50.0 Å². The van der Waals surface area contributed by atoms with Crippen molar-refractivity contribution in [2.24, 2.45) is 0 Å². The number of aromatic amines is 2. The molecule has 0 radical (unpaired) electrons. The van der Waals surface area contributed by atoms with E-state index in [0.29, 0.717) is 30.0 Å². The highest BCUT2D eigenvalue weighted by Gasteiger charge is 2.36. The molecule has 2 aromatic rings. The number of nitrogens with one attached hydrogen (secondary N) is 2. The van der Waals surface area contributed by atoms with Crippen molar-refractivity contribution in [2.45, 2.75) is 39.5 Å². The minimum absolute atomic E-state index is 0.149. The van der Waals surface area contributed by atoms with Gasteiger partial charge in [0.15, 0.2) is 0 Å². The Morgan fingerprint density at radius 3 is 2.58 bits per heavy atom. The Kier molecular flexibility index (Phi) is 4.39. The van der Waals surface area contributed by atoms with Crippen molar-refractivity contribution in [3.8, 4) is 0 Å². The first kappa shape index (κ1) is 18.2. The summed E-state index contributed by atoms with van der Waals surface area (Å²) in [4.78, 5) is 33.6. The predicted molar refractivity (Wildman–Crippen MR) is 84.9 cm³/mol. The summed E-state index contributed by atoms with van der Waals surface area (Å²) in [5, 5.41) is 9.24. The Balaban J connectivity index is 1.85. The Labute approximate surface area is 145 Å². The highest BCUT2D eigenvalue weighted by Crippen LogP contribution is 2.27. The third-order valence-electron chi connectivity index (χ3n) is 4.55. The average molecular weight is 370 g/mol. The van der Waals surface area contributed by atoms with Crippen LogP contribution in [0.2, 0.25) is 0 Å². The second-order valence-corrected chi connectivity index (χ2v) is 6.33. The molecular weight excluding hydrogens is 353 g/mol. The fourth-order valence-corrected chi connectivity index (χ4v) is 3.27. The lowest BCUT2D eigenvalue weighted by atomic mass is 10.1. The molecule has 0 aromatic carbocycles. The normalized spacial score (nSPS) is 15.1. The minimum atomic E-state index is -4.70. The van der Waals surface area contributed by atoms with E-state index in [0.717, 1.165) is 0 Å². The van der Waals surface area contributed by atoms with Gasteiger partial charge in [-0.2, -0.15) is 13.2 Å². The Hall–Kier alpha value is -2.62. The Morgan fingerprint density at radius 1 is 1.31 bits per heavy atom. The van der Waals surface area contributed by atoms with Gasteiger partial charge in [0.25, 0.3) is 5.56 Å². The van der Waals surface area contributed by atoms with Crippen LogP contribution in [0.4, 0.5) is 13.2 Å². The number of hydrogen-bond acceptors (Lipinski definition) is 4.